The van der Waals surface area contributed by atoms with Crippen LogP contribution in [0.3, 0.4) is 0 Å². The highest BCUT2D eigenvalue weighted by atomic mass is 16.3. The molecule has 5 heteroatoms. The summed E-state index contributed by atoms with van der Waals surface area (Å²) in [5.74, 6) is -0.282. The van der Waals surface area contributed by atoms with Crippen molar-refractivity contribution in [2.24, 2.45) is 11.7 Å². The molecule has 4 unspecified atom stereocenters. The molecule has 5 nitrogen and oxygen atoms in total. The number of carbonyl (C=O) groups excluding carboxylic acids is 1. The van der Waals surface area contributed by atoms with E-state index in [2.05, 4.69) is 0 Å². The zero-order valence-electron chi connectivity index (χ0n) is 12.6. The van der Waals surface area contributed by atoms with Crippen LogP contribution in [0.2, 0.25) is 0 Å². The largest absolute Gasteiger partial charge is 0.393 e. The summed E-state index contributed by atoms with van der Waals surface area (Å²) < 4.78 is 0. The number of Topliss-reactive ketones (excluding diaryl/α,β-unsaturated/α-hetero) is 1. The van der Waals surface area contributed by atoms with Gasteiger partial charge < -0.3 is 15.9 Å². The second-order valence-electron chi connectivity index (χ2n) is 6.13. The molecule has 1 saturated heterocycles. The number of nitrogens with two attached hydrogens (primary N) is 1. The first kappa shape index (κ1) is 16.6. The number of carbonyl (C=O) groups is 1. The van der Waals surface area contributed by atoms with Gasteiger partial charge in [0.2, 0.25) is 0 Å². The highest BCUT2D eigenvalue weighted by Crippen LogP contribution is 2.35. The fourth-order valence-electron chi connectivity index (χ4n) is 3.20. The van der Waals surface area contributed by atoms with Gasteiger partial charge in [-0.15, -0.1) is 0 Å². The average Bonchev–Trinajstić information content (AvgIpc) is 2.31. The second kappa shape index (κ2) is 5.87. The number of likely N-dealkylation sites (tertiary alicyclic amines) is 1. The van der Waals surface area contributed by atoms with Crippen LogP contribution in [0.1, 0.15) is 47.5 Å². The highest BCUT2D eigenvalue weighted by Gasteiger charge is 2.50. The summed E-state index contributed by atoms with van der Waals surface area (Å²) in [4.78, 5) is 13.8. The number of hydrogen-bond acceptors (Lipinski definition) is 5. The van der Waals surface area contributed by atoms with E-state index in [1.807, 2.05) is 25.7 Å². The van der Waals surface area contributed by atoms with Crippen molar-refractivity contribution < 1.29 is 15.0 Å². The Balaban J connectivity index is 3.19. The summed E-state index contributed by atoms with van der Waals surface area (Å²) in [7, 11) is 0. The molecule has 0 spiro atoms. The summed E-state index contributed by atoms with van der Waals surface area (Å²) in [5, 5.41) is 20.4. The Bertz CT molecular complexity index is 333. The Labute approximate surface area is 115 Å². The summed E-state index contributed by atoms with van der Waals surface area (Å²) in [6.45, 7) is 8.90. The van der Waals surface area contributed by atoms with Crippen LogP contribution in [0, 0.1) is 5.92 Å². The summed E-state index contributed by atoms with van der Waals surface area (Å²) in [6.07, 6.45) is 0.0140. The predicted octanol–water partition coefficient (Wildman–Crippen LogP) is 0.481. The third kappa shape index (κ3) is 2.99. The Morgan fingerprint density at radius 3 is 2.47 bits per heavy atom. The number of hydrogen-bond donors (Lipinski definition) is 3. The quantitative estimate of drug-likeness (QED) is 0.693. The van der Waals surface area contributed by atoms with Gasteiger partial charge in [-0.1, -0.05) is 13.8 Å². The maximum Gasteiger partial charge on any atom is 0.150 e. The highest BCUT2D eigenvalue weighted by molar-refractivity contribution is 5.86. The average molecular weight is 272 g/mol. The molecule has 6 atom stereocenters. The van der Waals surface area contributed by atoms with E-state index in [0.29, 0.717) is 12.8 Å². The van der Waals surface area contributed by atoms with Gasteiger partial charge in [-0.3, -0.25) is 9.69 Å². The minimum Gasteiger partial charge on any atom is -0.393 e. The van der Waals surface area contributed by atoms with Gasteiger partial charge in [0.05, 0.1) is 11.6 Å². The van der Waals surface area contributed by atoms with Crippen LogP contribution in [0.4, 0.5) is 0 Å². The summed E-state index contributed by atoms with van der Waals surface area (Å²) >= 11 is 0. The first-order valence-electron chi connectivity index (χ1n) is 7.08. The van der Waals surface area contributed by atoms with E-state index >= 15 is 0 Å². The molecule has 0 aromatic rings. The van der Waals surface area contributed by atoms with Crippen molar-refractivity contribution in [1.82, 2.24) is 4.90 Å². The van der Waals surface area contributed by atoms with Gasteiger partial charge in [0.1, 0.15) is 6.23 Å². The third-order valence-electron chi connectivity index (χ3n) is 4.60. The van der Waals surface area contributed by atoms with E-state index in [1.165, 1.54) is 6.92 Å². The van der Waals surface area contributed by atoms with E-state index in [1.54, 1.807) is 6.92 Å². The molecule has 0 aliphatic carbocycles. The zero-order valence-corrected chi connectivity index (χ0v) is 12.6. The molecule has 1 heterocycles. The van der Waals surface area contributed by atoms with Crippen LogP contribution >= 0.6 is 0 Å². The van der Waals surface area contributed by atoms with E-state index < -0.39 is 17.9 Å². The van der Waals surface area contributed by atoms with E-state index in [0.717, 1.165) is 0 Å². The van der Waals surface area contributed by atoms with Gasteiger partial charge in [-0.05, 0) is 39.5 Å². The lowest BCUT2D eigenvalue weighted by molar-refractivity contribution is -0.149. The first-order chi connectivity index (χ1) is 8.64. The zero-order chi connectivity index (χ0) is 15.0. The maximum absolute atomic E-state index is 11.9. The van der Waals surface area contributed by atoms with Gasteiger partial charge in [0.25, 0.3) is 0 Å². The van der Waals surface area contributed by atoms with Crippen LogP contribution in [0.15, 0.2) is 0 Å². The van der Waals surface area contributed by atoms with Crippen molar-refractivity contribution in [1.29, 1.82) is 0 Å². The summed E-state index contributed by atoms with van der Waals surface area (Å²) in [5.41, 5.74) is 5.14. The number of aliphatic hydroxyl groups excluding tert-OH is 2. The van der Waals surface area contributed by atoms with Gasteiger partial charge in [-0.25, -0.2) is 0 Å². The van der Waals surface area contributed by atoms with Gasteiger partial charge in [-0.2, -0.15) is 0 Å². The molecule has 1 aliphatic heterocycles. The SMILES string of the molecule is CCC(O)N1C(C)C[C@@H](O)[C@@H](C)C1C(C)(N)C(C)=O. The monoisotopic (exact) mass is 272 g/mol. The molecule has 0 radical (unpaired) electrons. The van der Waals surface area contributed by atoms with Crippen molar-refractivity contribution in [2.75, 3.05) is 0 Å². The maximum atomic E-state index is 11.9. The van der Waals surface area contributed by atoms with E-state index in [-0.39, 0.29) is 23.8 Å². The minimum atomic E-state index is -1.08. The van der Waals surface area contributed by atoms with Crippen LogP contribution < -0.4 is 5.73 Å². The lowest BCUT2D eigenvalue weighted by Gasteiger charge is -2.53. The van der Waals surface area contributed by atoms with Gasteiger partial charge in [0.15, 0.2) is 5.78 Å². The van der Waals surface area contributed by atoms with E-state index in [4.69, 9.17) is 5.73 Å². The smallest absolute Gasteiger partial charge is 0.150 e. The number of ketones is 1. The minimum absolute atomic E-state index is 0.00613. The van der Waals surface area contributed by atoms with Crippen molar-refractivity contribution >= 4 is 5.78 Å². The Hall–Kier alpha value is -0.490. The van der Waals surface area contributed by atoms with Crippen molar-refractivity contribution in [3.63, 3.8) is 0 Å². The third-order valence-corrected chi connectivity index (χ3v) is 4.60. The Morgan fingerprint density at radius 1 is 1.53 bits per heavy atom. The molecule has 0 aromatic heterocycles. The molecule has 1 fully saturated rings. The number of nitrogens with zero attached hydrogens (tertiary/aromatic N) is 1. The predicted molar refractivity (Wildman–Crippen MR) is 74.4 cm³/mol. The topological polar surface area (TPSA) is 86.8 Å². The normalized spacial score (nSPS) is 37.7. The molecular formula is C14H28N2O3. The lowest BCUT2D eigenvalue weighted by atomic mass is 9.73. The fourth-order valence-corrected chi connectivity index (χ4v) is 3.20. The number of piperidine rings is 1. The molecular weight excluding hydrogens is 244 g/mol. The van der Waals surface area contributed by atoms with Gasteiger partial charge in [0, 0.05) is 12.1 Å². The van der Waals surface area contributed by atoms with Crippen molar-refractivity contribution in [2.45, 2.75) is 77.4 Å². The molecule has 4 N–H and O–H groups in total. The number of aliphatic hydroxyl groups is 2. The first-order valence-corrected chi connectivity index (χ1v) is 7.08. The molecule has 1 rings (SSSR count). The van der Waals surface area contributed by atoms with Crippen molar-refractivity contribution in [3.8, 4) is 0 Å². The molecule has 112 valence electrons. The molecule has 0 saturated carbocycles. The van der Waals surface area contributed by atoms with Gasteiger partial charge >= 0.3 is 0 Å². The van der Waals surface area contributed by atoms with Crippen LogP contribution in [0.5, 0.6) is 0 Å². The fraction of sp³-hybridized carbons (Fsp3) is 0.929. The molecule has 1 aliphatic rings. The molecule has 19 heavy (non-hydrogen) atoms. The Kier molecular flexibility index (Phi) is 5.12. The second-order valence-corrected chi connectivity index (χ2v) is 6.13. The van der Waals surface area contributed by atoms with Crippen molar-refractivity contribution in [3.05, 3.63) is 0 Å². The molecule has 0 bridgehead atoms. The van der Waals surface area contributed by atoms with Crippen LogP contribution in [0.25, 0.3) is 0 Å². The van der Waals surface area contributed by atoms with Crippen LogP contribution in [-0.4, -0.2) is 50.9 Å². The Morgan fingerprint density at radius 2 is 2.05 bits per heavy atom. The molecule has 0 amide bonds. The standard InChI is InChI=1S/C14H28N2O3/c1-6-12(19)16-8(2)7-11(18)9(3)13(16)14(5,15)10(4)17/h8-9,11-13,18-19H,6-7,15H2,1-5H3/t8?,9-,11-,12?,13?,14?/m1/s1. The number of rotatable bonds is 4. The van der Waals surface area contributed by atoms with Crippen LogP contribution in [-0.2, 0) is 4.79 Å². The van der Waals surface area contributed by atoms with E-state index in [9.17, 15) is 15.0 Å². The summed E-state index contributed by atoms with van der Waals surface area (Å²) in [6, 6.07) is -0.368. The lowest BCUT2D eigenvalue weighted by Crippen LogP contribution is -2.70. The molecule has 0 aromatic carbocycles.